The van der Waals surface area contributed by atoms with Gasteiger partial charge in [-0.1, -0.05) is 17.7 Å². The maximum absolute atomic E-state index is 13.0. The number of halogens is 2. The van der Waals surface area contributed by atoms with E-state index in [9.17, 15) is 4.39 Å². The van der Waals surface area contributed by atoms with E-state index in [-0.39, 0.29) is 5.82 Å². The second kappa shape index (κ2) is 6.04. The molecule has 0 saturated carbocycles. The average Bonchev–Trinajstić information content (AvgIpc) is 2.41. The minimum Gasteiger partial charge on any atom is -0.344 e. The van der Waals surface area contributed by atoms with Crippen molar-refractivity contribution in [2.75, 3.05) is 18.5 Å². The van der Waals surface area contributed by atoms with Crippen LogP contribution < -0.4 is 10.6 Å². The molecule has 0 aromatic heterocycles. The van der Waals surface area contributed by atoms with Crippen LogP contribution in [0.3, 0.4) is 0 Å². The van der Waals surface area contributed by atoms with Gasteiger partial charge in [0.2, 0.25) is 0 Å². The third kappa shape index (κ3) is 3.25. The van der Waals surface area contributed by atoms with Gasteiger partial charge in [0.05, 0.1) is 0 Å². The summed E-state index contributed by atoms with van der Waals surface area (Å²) in [6.07, 6.45) is 0.776. The number of anilines is 2. The van der Waals surface area contributed by atoms with Crippen molar-refractivity contribution in [3.63, 3.8) is 0 Å². The van der Waals surface area contributed by atoms with Crippen molar-refractivity contribution in [1.82, 2.24) is 0 Å². The van der Waals surface area contributed by atoms with Crippen molar-refractivity contribution >= 4 is 23.0 Å². The molecule has 0 amide bonds. The van der Waals surface area contributed by atoms with E-state index in [1.807, 2.05) is 30.1 Å². The summed E-state index contributed by atoms with van der Waals surface area (Å²) in [5.41, 5.74) is 8.64. The van der Waals surface area contributed by atoms with Gasteiger partial charge in [-0.15, -0.1) is 0 Å². The molecule has 0 spiro atoms. The van der Waals surface area contributed by atoms with Crippen LogP contribution in [0.15, 0.2) is 42.5 Å². The Hall–Kier alpha value is -1.58. The van der Waals surface area contributed by atoms with Gasteiger partial charge >= 0.3 is 0 Å². The van der Waals surface area contributed by atoms with E-state index in [0.717, 1.165) is 23.4 Å². The molecule has 2 aromatic carbocycles. The zero-order valence-corrected chi connectivity index (χ0v) is 11.5. The zero-order chi connectivity index (χ0) is 13.8. The topological polar surface area (TPSA) is 29.3 Å². The highest BCUT2D eigenvalue weighted by Gasteiger charge is 2.10. The Labute approximate surface area is 117 Å². The Balaban J connectivity index is 2.39. The normalized spacial score (nSPS) is 10.5. The van der Waals surface area contributed by atoms with Gasteiger partial charge in [-0.2, -0.15) is 0 Å². The summed E-state index contributed by atoms with van der Waals surface area (Å²) in [7, 11) is 1.93. The minimum absolute atomic E-state index is 0.245. The van der Waals surface area contributed by atoms with Gasteiger partial charge < -0.3 is 10.6 Å². The number of nitrogens with two attached hydrogens (primary N) is 1. The Kier molecular flexibility index (Phi) is 4.40. The number of nitrogens with zero attached hydrogens (tertiary/aromatic N) is 1. The van der Waals surface area contributed by atoms with E-state index in [0.29, 0.717) is 11.6 Å². The van der Waals surface area contributed by atoms with Crippen molar-refractivity contribution in [3.8, 4) is 0 Å². The summed E-state index contributed by atoms with van der Waals surface area (Å²) in [5, 5.41) is 0.671. The molecule has 2 nitrogen and oxygen atoms in total. The molecule has 0 unspecified atom stereocenters. The van der Waals surface area contributed by atoms with Gasteiger partial charge in [-0.25, -0.2) is 4.39 Å². The largest absolute Gasteiger partial charge is 0.344 e. The standard InChI is InChI=1S/C15H16ClFN2/c1-19(14-6-4-13(17)5-7-14)15-10-12(16)3-2-11(15)8-9-18/h2-7,10H,8-9,18H2,1H3. The Morgan fingerprint density at radius 1 is 1.16 bits per heavy atom. The Bertz CT molecular complexity index is 555. The van der Waals surface area contributed by atoms with Gasteiger partial charge in [-0.3, -0.25) is 0 Å². The third-order valence-corrected chi connectivity index (χ3v) is 3.27. The number of benzene rings is 2. The monoisotopic (exact) mass is 278 g/mol. The number of rotatable bonds is 4. The fraction of sp³-hybridized carbons (Fsp3) is 0.200. The number of hydrogen-bond donors (Lipinski definition) is 1. The lowest BCUT2D eigenvalue weighted by molar-refractivity contribution is 0.628. The molecule has 0 radical (unpaired) electrons. The van der Waals surface area contributed by atoms with Gasteiger partial charge in [0.1, 0.15) is 5.82 Å². The lowest BCUT2D eigenvalue weighted by Gasteiger charge is -2.23. The van der Waals surface area contributed by atoms with Crippen LogP contribution in [0.4, 0.5) is 15.8 Å². The van der Waals surface area contributed by atoms with E-state index in [1.165, 1.54) is 12.1 Å². The minimum atomic E-state index is -0.245. The second-order valence-corrected chi connectivity index (χ2v) is 4.78. The van der Waals surface area contributed by atoms with E-state index in [4.69, 9.17) is 17.3 Å². The fourth-order valence-electron chi connectivity index (χ4n) is 2.02. The summed E-state index contributed by atoms with van der Waals surface area (Å²) in [6, 6.07) is 12.1. The van der Waals surface area contributed by atoms with Crippen molar-refractivity contribution < 1.29 is 4.39 Å². The van der Waals surface area contributed by atoms with Gasteiger partial charge in [0.25, 0.3) is 0 Å². The molecule has 2 N–H and O–H groups in total. The lowest BCUT2D eigenvalue weighted by atomic mass is 10.1. The van der Waals surface area contributed by atoms with E-state index >= 15 is 0 Å². The first kappa shape index (κ1) is 13.8. The van der Waals surface area contributed by atoms with Gasteiger partial charge in [0.15, 0.2) is 0 Å². The molecule has 0 aliphatic carbocycles. The SMILES string of the molecule is CN(c1ccc(F)cc1)c1cc(Cl)ccc1CCN. The van der Waals surface area contributed by atoms with E-state index < -0.39 is 0 Å². The molecule has 0 bridgehead atoms. The zero-order valence-electron chi connectivity index (χ0n) is 10.7. The summed E-state index contributed by atoms with van der Waals surface area (Å²) in [6.45, 7) is 0.575. The summed E-state index contributed by atoms with van der Waals surface area (Å²) in [5.74, 6) is -0.245. The second-order valence-electron chi connectivity index (χ2n) is 4.35. The maximum atomic E-state index is 13.0. The molecule has 0 saturated heterocycles. The van der Waals surface area contributed by atoms with Crippen LogP contribution in [-0.4, -0.2) is 13.6 Å². The van der Waals surface area contributed by atoms with Crippen LogP contribution in [0.2, 0.25) is 5.02 Å². The molecule has 0 heterocycles. The quantitative estimate of drug-likeness (QED) is 0.923. The molecule has 0 atom stereocenters. The molecule has 100 valence electrons. The Morgan fingerprint density at radius 3 is 2.47 bits per heavy atom. The van der Waals surface area contributed by atoms with Gasteiger partial charge in [-0.05, 0) is 54.9 Å². The molecule has 0 fully saturated rings. The van der Waals surface area contributed by atoms with Crippen LogP contribution >= 0.6 is 11.6 Å². The molecular weight excluding hydrogens is 263 g/mol. The molecular formula is C15H16ClFN2. The van der Waals surface area contributed by atoms with Crippen LogP contribution in [0.1, 0.15) is 5.56 Å². The van der Waals surface area contributed by atoms with Crippen LogP contribution in [0, 0.1) is 5.82 Å². The van der Waals surface area contributed by atoms with Crippen LogP contribution in [-0.2, 0) is 6.42 Å². The van der Waals surface area contributed by atoms with Crippen molar-refractivity contribution in [2.45, 2.75) is 6.42 Å². The predicted octanol–water partition coefficient (Wildman–Crippen LogP) is 3.75. The van der Waals surface area contributed by atoms with Crippen molar-refractivity contribution in [1.29, 1.82) is 0 Å². The summed E-state index contributed by atoms with van der Waals surface area (Å²) in [4.78, 5) is 1.98. The molecule has 0 aliphatic heterocycles. The first-order valence-corrected chi connectivity index (χ1v) is 6.47. The predicted molar refractivity (Wildman–Crippen MR) is 78.7 cm³/mol. The first-order chi connectivity index (χ1) is 9.11. The molecule has 2 aromatic rings. The smallest absolute Gasteiger partial charge is 0.123 e. The van der Waals surface area contributed by atoms with Crippen LogP contribution in [0.5, 0.6) is 0 Å². The van der Waals surface area contributed by atoms with Crippen LogP contribution in [0.25, 0.3) is 0 Å². The lowest BCUT2D eigenvalue weighted by Crippen LogP contribution is -2.13. The Morgan fingerprint density at radius 2 is 1.84 bits per heavy atom. The summed E-state index contributed by atoms with van der Waals surface area (Å²) >= 11 is 6.06. The fourth-order valence-corrected chi connectivity index (χ4v) is 2.19. The third-order valence-electron chi connectivity index (χ3n) is 3.04. The molecule has 19 heavy (non-hydrogen) atoms. The highest BCUT2D eigenvalue weighted by Crippen LogP contribution is 2.30. The van der Waals surface area contributed by atoms with Gasteiger partial charge in [0, 0.05) is 23.4 Å². The summed E-state index contributed by atoms with van der Waals surface area (Å²) < 4.78 is 13.0. The van der Waals surface area contributed by atoms with E-state index in [2.05, 4.69) is 0 Å². The van der Waals surface area contributed by atoms with Crippen molar-refractivity contribution in [2.24, 2.45) is 5.73 Å². The van der Waals surface area contributed by atoms with Crippen molar-refractivity contribution in [3.05, 3.63) is 58.9 Å². The average molecular weight is 279 g/mol. The maximum Gasteiger partial charge on any atom is 0.123 e. The highest BCUT2D eigenvalue weighted by atomic mass is 35.5. The first-order valence-electron chi connectivity index (χ1n) is 6.09. The number of hydrogen-bond acceptors (Lipinski definition) is 2. The molecule has 4 heteroatoms. The highest BCUT2D eigenvalue weighted by molar-refractivity contribution is 6.30. The molecule has 2 rings (SSSR count). The molecule has 0 aliphatic rings. The van der Waals surface area contributed by atoms with E-state index in [1.54, 1.807) is 12.1 Å².